The number of hydrogen-bond donors (Lipinski definition) is 0. The molecule has 150 valence electrons. The van der Waals surface area contributed by atoms with E-state index in [0.717, 1.165) is 0 Å². The van der Waals surface area contributed by atoms with Crippen molar-refractivity contribution in [1.29, 1.82) is 0 Å². The van der Waals surface area contributed by atoms with Gasteiger partial charge in [-0.3, -0.25) is 0 Å². The van der Waals surface area contributed by atoms with Gasteiger partial charge in [0.25, 0.3) is 5.82 Å². The molecule has 0 fully saturated rings. The minimum atomic E-state index is -0.130. The van der Waals surface area contributed by atoms with Crippen LogP contribution in [0.4, 0.5) is 0 Å². The first-order valence-corrected chi connectivity index (χ1v) is 10.7. The molecule has 2 nitrogen and oxygen atoms in total. The van der Waals surface area contributed by atoms with Gasteiger partial charge in [-0.25, -0.2) is 4.57 Å². The summed E-state index contributed by atoms with van der Waals surface area (Å²) in [5, 5.41) is 0. The summed E-state index contributed by atoms with van der Waals surface area (Å²) in [5.74, 6) is 1.27. The van der Waals surface area contributed by atoms with Gasteiger partial charge in [-0.1, -0.05) is 60.7 Å². The largest absolute Gasteiger partial charge is 0.296 e. The first-order chi connectivity index (χ1) is 14.3. The molecule has 1 aliphatic heterocycles. The van der Waals surface area contributed by atoms with E-state index in [0.29, 0.717) is 0 Å². The fourth-order valence-corrected chi connectivity index (χ4v) is 5.34. The van der Waals surface area contributed by atoms with Crippen LogP contribution >= 0.6 is 0 Å². The highest BCUT2D eigenvalue weighted by molar-refractivity contribution is 5.74. The Kier molecular flexibility index (Phi) is 4.05. The van der Waals surface area contributed by atoms with E-state index >= 15 is 0 Å². The maximum absolute atomic E-state index is 2.58. The van der Waals surface area contributed by atoms with Gasteiger partial charge in [0.2, 0.25) is 0 Å². The molecule has 0 unspecified atom stereocenters. The van der Waals surface area contributed by atoms with Crippen LogP contribution < -0.4 is 4.57 Å². The Morgan fingerprint density at radius 1 is 0.700 bits per heavy atom. The summed E-state index contributed by atoms with van der Waals surface area (Å²) in [5.41, 5.74) is 11.7. The maximum atomic E-state index is 2.58. The lowest BCUT2D eigenvalue weighted by molar-refractivity contribution is -0.721. The predicted molar refractivity (Wildman–Crippen MR) is 124 cm³/mol. The molecule has 0 aliphatic carbocycles. The van der Waals surface area contributed by atoms with Crippen molar-refractivity contribution in [3.63, 3.8) is 0 Å². The summed E-state index contributed by atoms with van der Waals surface area (Å²) < 4.78 is 5.06. The summed E-state index contributed by atoms with van der Waals surface area (Å²) in [7, 11) is 0. The molecule has 0 N–H and O–H groups in total. The van der Waals surface area contributed by atoms with Crippen LogP contribution in [0.2, 0.25) is 0 Å². The van der Waals surface area contributed by atoms with Crippen LogP contribution in [0, 0.1) is 27.7 Å². The number of aromatic nitrogens is 2. The zero-order chi connectivity index (χ0) is 21.2. The highest BCUT2D eigenvalue weighted by atomic mass is 15.2. The average Bonchev–Trinajstić information content (AvgIpc) is 3.14. The van der Waals surface area contributed by atoms with Crippen LogP contribution in [0.15, 0.2) is 66.7 Å². The Hall–Kier alpha value is -3.13. The molecule has 3 aromatic carbocycles. The zero-order valence-electron chi connectivity index (χ0n) is 18.7. The van der Waals surface area contributed by atoms with E-state index in [1.165, 1.54) is 56.3 Å². The van der Waals surface area contributed by atoms with E-state index < -0.39 is 0 Å². The third-order valence-corrected chi connectivity index (χ3v) is 6.79. The van der Waals surface area contributed by atoms with E-state index in [-0.39, 0.29) is 5.54 Å². The summed E-state index contributed by atoms with van der Waals surface area (Å²) in [6.45, 7) is 13.6. The Bertz CT molecular complexity index is 1280. The summed E-state index contributed by atoms with van der Waals surface area (Å²) in [6.07, 6.45) is 0. The van der Waals surface area contributed by atoms with Crippen molar-refractivity contribution in [1.82, 2.24) is 4.57 Å². The molecule has 0 bridgehead atoms. The minimum absolute atomic E-state index is 0.130. The molecule has 30 heavy (non-hydrogen) atoms. The number of nitrogens with zero attached hydrogens (tertiary/aromatic N) is 2. The van der Waals surface area contributed by atoms with Crippen LogP contribution in [0.3, 0.4) is 0 Å². The van der Waals surface area contributed by atoms with Crippen LogP contribution in [0.1, 0.15) is 41.8 Å². The number of hydrogen-bond acceptors (Lipinski definition) is 0. The number of imidazole rings is 1. The van der Waals surface area contributed by atoms with Crippen LogP contribution in [-0.2, 0) is 5.54 Å². The molecule has 0 radical (unpaired) electrons. The lowest BCUT2D eigenvalue weighted by Crippen LogP contribution is -2.51. The number of para-hydroxylation sites is 1. The van der Waals surface area contributed by atoms with E-state index in [1.54, 1.807) is 0 Å². The van der Waals surface area contributed by atoms with Gasteiger partial charge < -0.3 is 0 Å². The Labute approximate surface area is 179 Å². The van der Waals surface area contributed by atoms with Gasteiger partial charge in [0.1, 0.15) is 11.2 Å². The zero-order valence-corrected chi connectivity index (χ0v) is 18.7. The fourth-order valence-electron chi connectivity index (χ4n) is 5.34. The van der Waals surface area contributed by atoms with Gasteiger partial charge in [-0.05, 0) is 57.4 Å². The SMILES string of the molecule is Cc1ccccc1-n1c(C)c2[n+](c1-c1c(C)cccc1C)C(C)(C)c1ccccc1-2. The monoisotopic (exact) mass is 393 g/mol. The molecule has 1 aromatic heterocycles. The second-order valence-electron chi connectivity index (χ2n) is 9.09. The number of rotatable bonds is 2. The molecule has 0 saturated heterocycles. The Morgan fingerprint density at radius 2 is 1.30 bits per heavy atom. The third-order valence-electron chi connectivity index (χ3n) is 6.79. The molecular weight excluding hydrogens is 364 g/mol. The summed E-state index contributed by atoms with van der Waals surface area (Å²) >= 11 is 0. The van der Waals surface area contributed by atoms with E-state index in [2.05, 4.69) is 117 Å². The standard InChI is InChI=1S/C28H29N2/c1-18-12-7-10-17-24(18)29-21(4)26-22-15-8-9-16-23(22)28(5,6)30(26)27(29)25-19(2)13-11-14-20(25)3/h7-17H,1-6H3/q+1. The molecule has 4 aromatic rings. The maximum Gasteiger partial charge on any atom is 0.296 e. The molecule has 0 amide bonds. The molecular formula is C28H29N2+. The third kappa shape index (κ3) is 2.40. The van der Waals surface area contributed by atoms with Crippen molar-refractivity contribution in [2.24, 2.45) is 0 Å². The molecule has 5 rings (SSSR count). The highest BCUT2D eigenvalue weighted by Gasteiger charge is 2.48. The average molecular weight is 394 g/mol. The Balaban J connectivity index is 2.00. The van der Waals surface area contributed by atoms with Crippen LogP contribution in [0.25, 0.3) is 28.3 Å². The Morgan fingerprint density at radius 3 is 2.00 bits per heavy atom. The van der Waals surface area contributed by atoms with E-state index in [4.69, 9.17) is 0 Å². The molecule has 0 spiro atoms. The van der Waals surface area contributed by atoms with Crippen LogP contribution in [0.5, 0.6) is 0 Å². The second-order valence-corrected chi connectivity index (χ2v) is 9.09. The molecule has 1 aliphatic rings. The number of aryl methyl sites for hydroxylation is 3. The van der Waals surface area contributed by atoms with Gasteiger partial charge in [0.05, 0.1) is 5.56 Å². The quantitative estimate of drug-likeness (QED) is 0.347. The normalized spacial score (nSPS) is 13.9. The van der Waals surface area contributed by atoms with Crippen molar-refractivity contribution in [2.45, 2.75) is 47.1 Å². The van der Waals surface area contributed by atoms with Gasteiger partial charge in [0.15, 0.2) is 11.4 Å². The van der Waals surface area contributed by atoms with Gasteiger partial charge >= 0.3 is 0 Å². The fraction of sp³-hybridized carbons (Fsp3) is 0.250. The smallest absolute Gasteiger partial charge is 0.213 e. The van der Waals surface area contributed by atoms with Crippen molar-refractivity contribution in [2.75, 3.05) is 0 Å². The van der Waals surface area contributed by atoms with E-state index in [1.807, 2.05) is 0 Å². The van der Waals surface area contributed by atoms with Crippen LogP contribution in [-0.4, -0.2) is 4.57 Å². The molecule has 0 atom stereocenters. The topological polar surface area (TPSA) is 8.81 Å². The highest BCUT2D eigenvalue weighted by Crippen LogP contribution is 2.44. The van der Waals surface area contributed by atoms with Crippen molar-refractivity contribution >= 4 is 0 Å². The van der Waals surface area contributed by atoms with Gasteiger partial charge in [-0.2, -0.15) is 4.57 Å². The van der Waals surface area contributed by atoms with Crippen molar-refractivity contribution in [3.05, 3.63) is 94.7 Å². The number of benzene rings is 3. The molecule has 0 saturated carbocycles. The first kappa shape index (κ1) is 18.9. The predicted octanol–water partition coefficient (Wildman–Crippen LogP) is 6.43. The summed E-state index contributed by atoms with van der Waals surface area (Å²) in [6, 6.07) is 24.2. The van der Waals surface area contributed by atoms with Crippen molar-refractivity contribution < 1.29 is 4.57 Å². The number of fused-ring (bicyclic) bond motifs is 3. The lowest BCUT2D eigenvalue weighted by Gasteiger charge is -2.21. The first-order valence-electron chi connectivity index (χ1n) is 10.7. The lowest BCUT2D eigenvalue weighted by atomic mass is 9.92. The summed E-state index contributed by atoms with van der Waals surface area (Å²) in [4.78, 5) is 0. The second kappa shape index (κ2) is 6.43. The van der Waals surface area contributed by atoms with Gasteiger partial charge in [0, 0.05) is 18.1 Å². The minimum Gasteiger partial charge on any atom is -0.213 e. The van der Waals surface area contributed by atoms with Crippen molar-refractivity contribution in [3.8, 4) is 28.3 Å². The molecule has 2 heteroatoms. The van der Waals surface area contributed by atoms with E-state index in [9.17, 15) is 0 Å². The molecule has 2 heterocycles. The van der Waals surface area contributed by atoms with Gasteiger partial charge in [-0.15, -0.1) is 0 Å².